The molecule has 2 heterocycles. The van der Waals surface area contributed by atoms with Crippen molar-refractivity contribution in [3.05, 3.63) is 65.2 Å². The zero-order valence-electron chi connectivity index (χ0n) is 19.9. The molecule has 0 radical (unpaired) electrons. The summed E-state index contributed by atoms with van der Waals surface area (Å²) in [6.07, 6.45) is 0.461. The molecule has 0 bridgehead atoms. The Bertz CT molecular complexity index is 1110. The number of anilines is 1. The second-order valence-corrected chi connectivity index (χ2v) is 8.48. The number of carbonyl (C=O) groups is 4. The van der Waals surface area contributed by atoms with E-state index in [1.165, 1.54) is 4.90 Å². The van der Waals surface area contributed by atoms with Gasteiger partial charge in [0, 0.05) is 29.8 Å². The van der Waals surface area contributed by atoms with E-state index in [2.05, 4.69) is 10.6 Å². The number of carbonyl (C=O) groups excluding carboxylic acids is 4. The molecule has 4 amide bonds. The van der Waals surface area contributed by atoms with E-state index in [-0.39, 0.29) is 50.3 Å². The topological polar surface area (TPSA) is 123 Å². The van der Waals surface area contributed by atoms with Crippen molar-refractivity contribution < 1.29 is 33.4 Å². The van der Waals surface area contributed by atoms with E-state index in [0.717, 1.165) is 5.56 Å². The van der Waals surface area contributed by atoms with Gasteiger partial charge in [0.1, 0.15) is 12.6 Å². The fourth-order valence-electron chi connectivity index (χ4n) is 4.16. The number of amides is 4. The van der Waals surface area contributed by atoms with Gasteiger partial charge in [-0.25, -0.2) is 0 Å². The lowest BCUT2D eigenvalue weighted by atomic mass is 10.0. The summed E-state index contributed by atoms with van der Waals surface area (Å²) in [5, 5.41) is 5.06. The van der Waals surface area contributed by atoms with Crippen molar-refractivity contribution in [3.8, 4) is 0 Å². The van der Waals surface area contributed by atoms with Crippen LogP contribution in [0.2, 0.25) is 0 Å². The van der Waals surface area contributed by atoms with Gasteiger partial charge in [-0.15, -0.1) is 0 Å². The Kier molecular flexibility index (Phi) is 8.77. The quantitative estimate of drug-likeness (QED) is 0.339. The molecule has 0 aromatic heterocycles. The van der Waals surface area contributed by atoms with Crippen LogP contribution in [0, 0.1) is 0 Å². The highest BCUT2D eigenvalue weighted by atomic mass is 16.5. The van der Waals surface area contributed by atoms with E-state index in [1.54, 1.807) is 18.2 Å². The van der Waals surface area contributed by atoms with Crippen LogP contribution in [0.4, 0.5) is 5.69 Å². The van der Waals surface area contributed by atoms with Gasteiger partial charge in [0.05, 0.1) is 33.0 Å². The molecule has 1 fully saturated rings. The average Bonchev–Trinajstić information content (AvgIpc) is 3.21. The summed E-state index contributed by atoms with van der Waals surface area (Å²) in [6.45, 7) is 2.01. The van der Waals surface area contributed by atoms with Crippen LogP contribution in [0.5, 0.6) is 0 Å². The van der Waals surface area contributed by atoms with E-state index in [0.29, 0.717) is 43.2 Å². The van der Waals surface area contributed by atoms with Gasteiger partial charge < -0.3 is 24.4 Å². The van der Waals surface area contributed by atoms with E-state index in [4.69, 9.17) is 14.2 Å². The van der Waals surface area contributed by atoms with Gasteiger partial charge in [0.15, 0.2) is 0 Å². The van der Waals surface area contributed by atoms with Gasteiger partial charge in [-0.05, 0) is 24.1 Å². The number of hydrogen-bond donors (Lipinski definition) is 2. The van der Waals surface area contributed by atoms with E-state index in [9.17, 15) is 19.2 Å². The van der Waals surface area contributed by atoms with Crippen LogP contribution in [0.3, 0.4) is 0 Å². The molecule has 4 rings (SSSR count). The Morgan fingerprint density at radius 3 is 2.47 bits per heavy atom. The first-order valence-electron chi connectivity index (χ1n) is 11.9. The van der Waals surface area contributed by atoms with Gasteiger partial charge >= 0.3 is 0 Å². The fraction of sp³-hybridized carbons (Fsp3) is 0.385. The van der Waals surface area contributed by atoms with E-state index < -0.39 is 11.9 Å². The molecule has 2 aliphatic rings. The van der Waals surface area contributed by atoms with E-state index >= 15 is 0 Å². The number of rotatable bonds is 12. The first-order chi connectivity index (χ1) is 17.5. The molecule has 0 spiro atoms. The number of piperidine rings is 1. The fourth-order valence-corrected chi connectivity index (χ4v) is 4.16. The molecule has 10 nitrogen and oxygen atoms in total. The second-order valence-electron chi connectivity index (χ2n) is 8.48. The maximum absolute atomic E-state index is 12.9. The summed E-state index contributed by atoms with van der Waals surface area (Å²) >= 11 is 0. The van der Waals surface area contributed by atoms with Crippen molar-refractivity contribution in [2.75, 3.05) is 38.4 Å². The number of benzene rings is 2. The summed E-state index contributed by atoms with van der Waals surface area (Å²) in [5.41, 5.74) is 2.67. The molecule has 1 saturated heterocycles. The number of ether oxygens (including phenoxy) is 3. The Balaban J connectivity index is 1.15. The molecule has 0 aliphatic carbocycles. The lowest BCUT2D eigenvalue weighted by Crippen LogP contribution is -2.52. The van der Waals surface area contributed by atoms with E-state index in [1.807, 2.05) is 30.3 Å². The maximum Gasteiger partial charge on any atom is 0.255 e. The number of imide groups is 1. The van der Waals surface area contributed by atoms with Crippen LogP contribution in [0.15, 0.2) is 48.5 Å². The number of nitrogens with one attached hydrogen (secondary N) is 2. The first-order valence-corrected chi connectivity index (χ1v) is 11.9. The van der Waals surface area contributed by atoms with Crippen molar-refractivity contribution in [1.29, 1.82) is 0 Å². The Morgan fingerprint density at radius 1 is 0.944 bits per heavy atom. The Hall–Kier alpha value is -3.60. The van der Waals surface area contributed by atoms with Crippen LogP contribution in [-0.2, 0) is 41.7 Å². The summed E-state index contributed by atoms with van der Waals surface area (Å²) in [7, 11) is 0. The first kappa shape index (κ1) is 25.5. The molecule has 1 unspecified atom stereocenters. The van der Waals surface area contributed by atoms with Crippen LogP contribution in [-0.4, -0.2) is 67.6 Å². The van der Waals surface area contributed by atoms with Crippen molar-refractivity contribution in [3.63, 3.8) is 0 Å². The van der Waals surface area contributed by atoms with Crippen LogP contribution in [0.25, 0.3) is 0 Å². The molecule has 36 heavy (non-hydrogen) atoms. The molecule has 2 aliphatic heterocycles. The predicted octanol–water partition coefficient (Wildman–Crippen LogP) is 1.64. The van der Waals surface area contributed by atoms with Crippen molar-refractivity contribution in [2.24, 2.45) is 0 Å². The molecule has 1 atom stereocenters. The molecule has 2 aromatic rings. The van der Waals surface area contributed by atoms with Crippen LogP contribution >= 0.6 is 0 Å². The molecule has 2 aromatic carbocycles. The third-order valence-corrected chi connectivity index (χ3v) is 5.94. The highest BCUT2D eigenvalue weighted by molar-refractivity contribution is 6.06. The van der Waals surface area contributed by atoms with Gasteiger partial charge in [0.25, 0.3) is 5.91 Å². The SMILES string of the molecule is O=C1CCC(N2Cc3c(NC(=O)COCCOCCOCc4ccccc4)cccc3C2=O)C(=O)N1. The molecule has 0 saturated carbocycles. The Morgan fingerprint density at radius 2 is 1.69 bits per heavy atom. The number of hydrogen-bond acceptors (Lipinski definition) is 7. The minimum atomic E-state index is -0.710. The van der Waals surface area contributed by atoms with Crippen molar-refractivity contribution in [2.45, 2.75) is 32.0 Å². The molecular weight excluding hydrogens is 466 g/mol. The second kappa shape index (κ2) is 12.4. The molecule has 2 N–H and O–H groups in total. The monoisotopic (exact) mass is 495 g/mol. The largest absolute Gasteiger partial charge is 0.377 e. The number of fused-ring (bicyclic) bond motifs is 1. The van der Waals surface area contributed by atoms with Gasteiger partial charge in [-0.1, -0.05) is 36.4 Å². The Labute approximate surface area is 208 Å². The average molecular weight is 496 g/mol. The minimum absolute atomic E-state index is 0.164. The molecule has 190 valence electrons. The summed E-state index contributed by atoms with van der Waals surface area (Å²) in [4.78, 5) is 50.4. The molecule has 10 heteroatoms. The lowest BCUT2D eigenvalue weighted by molar-refractivity contribution is -0.137. The summed E-state index contributed by atoms with van der Waals surface area (Å²) < 4.78 is 16.4. The molecular formula is C26H29N3O7. The summed E-state index contributed by atoms with van der Waals surface area (Å²) in [6, 6.07) is 14.2. The van der Waals surface area contributed by atoms with Crippen molar-refractivity contribution in [1.82, 2.24) is 10.2 Å². The van der Waals surface area contributed by atoms with Crippen LogP contribution < -0.4 is 10.6 Å². The van der Waals surface area contributed by atoms with Gasteiger partial charge in [0.2, 0.25) is 17.7 Å². The predicted molar refractivity (Wildman–Crippen MR) is 129 cm³/mol. The minimum Gasteiger partial charge on any atom is -0.377 e. The van der Waals surface area contributed by atoms with Crippen molar-refractivity contribution >= 4 is 29.3 Å². The third-order valence-electron chi connectivity index (χ3n) is 5.94. The lowest BCUT2D eigenvalue weighted by Gasteiger charge is -2.29. The van der Waals surface area contributed by atoms with Gasteiger partial charge in [-0.3, -0.25) is 24.5 Å². The normalized spacial score (nSPS) is 17.2. The highest BCUT2D eigenvalue weighted by Crippen LogP contribution is 2.32. The smallest absolute Gasteiger partial charge is 0.255 e. The summed E-state index contributed by atoms with van der Waals surface area (Å²) in [5.74, 6) is -1.47. The number of nitrogens with zero attached hydrogens (tertiary/aromatic N) is 1. The zero-order valence-corrected chi connectivity index (χ0v) is 19.9. The standard InChI is InChI=1S/C26H29N3O7/c30-23-10-9-22(25(32)28-23)29-15-20-19(26(29)33)7-4-8-21(20)27-24(31)17-36-14-12-34-11-13-35-16-18-5-2-1-3-6-18/h1-8,22H,9-17H2,(H,27,31)(H,28,30,32). The van der Waals surface area contributed by atoms with Crippen LogP contribution in [0.1, 0.15) is 34.3 Å². The maximum atomic E-state index is 12.9. The van der Waals surface area contributed by atoms with Gasteiger partial charge in [-0.2, -0.15) is 0 Å². The zero-order chi connectivity index (χ0) is 25.3. The highest BCUT2D eigenvalue weighted by Gasteiger charge is 2.39. The third kappa shape index (κ3) is 6.54.